The summed E-state index contributed by atoms with van der Waals surface area (Å²) in [4.78, 5) is 37.3. The van der Waals surface area contributed by atoms with Crippen LogP contribution in [0, 0.1) is 6.92 Å². The van der Waals surface area contributed by atoms with E-state index < -0.39 is 0 Å². The van der Waals surface area contributed by atoms with E-state index in [-0.39, 0.29) is 11.9 Å². The summed E-state index contributed by atoms with van der Waals surface area (Å²) in [7, 11) is 5.44. The third-order valence-corrected chi connectivity index (χ3v) is 6.14. The van der Waals surface area contributed by atoms with Gasteiger partial charge in [0.15, 0.2) is 0 Å². The molecule has 0 aliphatic carbocycles. The second-order valence-electron chi connectivity index (χ2n) is 8.56. The largest absolute Gasteiger partial charge is 0.381 e. The zero-order valence-corrected chi connectivity index (χ0v) is 18.7. The summed E-state index contributed by atoms with van der Waals surface area (Å²) in [6, 6.07) is 4.52. The summed E-state index contributed by atoms with van der Waals surface area (Å²) in [6.45, 7) is 6.42. The Hall–Kier alpha value is -2.19. The number of aromatic nitrogens is 1. The molecular formula is C22H35N5O3. The average molecular weight is 418 g/mol. The van der Waals surface area contributed by atoms with E-state index in [9.17, 15) is 9.59 Å². The van der Waals surface area contributed by atoms with Crippen molar-refractivity contribution < 1.29 is 14.3 Å². The molecule has 0 saturated carbocycles. The number of pyridine rings is 1. The van der Waals surface area contributed by atoms with Crippen molar-refractivity contribution in [3.05, 3.63) is 29.6 Å². The summed E-state index contributed by atoms with van der Waals surface area (Å²) in [5, 5.41) is 0. The van der Waals surface area contributed by atoms with Crippen LogP contribution in [0.5, 0.6) is 0 Å². The van der Waals surface area contributed by atoms with Crippen molar-refractivity contribution in [3.8, 4) is 0 Å². The van der Waals surface area contributed by atoms with Crippen molar-refractivity contribution in [1.29, 1.82) is 0 Å². The van der Waals surface area contributed by atoms with E-state index in [4.69, 9.17) is 4.74 Å². The summed E-state index contributed by atoms with van der Waals surface area (Å²) in [5.41, 5.74) is 1.52. The van der Waals surface area contributed by atoms with Gasteiger partial charge in [-0.15, -0.1) is 0 Å². The van der Waals surface area contributed by atoms with Gasteiger partial charge >= 0.3 is 6.03 Å². The lowest BCUT2D eigenvalue weighted by Gasteiger charge is -2.39. The van der Waals surface area contributed by atoms with Crippen LogP contribution in [0.1, 0.15) is 35.3 Å². The van der Waals surface area contributed by atoms with Gasteiger partial charge in [-0.3, -0.25) is 14.7 Å². The lowest BCUT2D eigenvalue weighted by molar-refractivity contribution is 0.0151. The molecule has 30 heavy (non-hydrogen) atoms. The summed E-state index contributed by atoms with van der Waals surface area (Å²) in [5.74, 6) is -0.00902. The van der Waals surface area contributed by atoms with Crippen LogP contribution in [-0.4, -0.2) is 109 Å². The second kappa shape index (κ2) is 10.2. The number of aryl methyl sites for hydroxylation is 1. The number of carbonyl (C=O) groups is 2. The molecule has 1 atom stereocenters. The molecule has 0 radical (unpaired) electrons. The number of ether oxygens (including phenoxy) is 1. The van der Waals surface area contributed by atoms with Gasteiger partial charge in [0.05, 0.1) is 5.56 Å². The van der Waals surface area contributed by atoms with Crippen LogP contribution in [0.25, 0.3) is 0 Å². The molecule has 2 fully saturated rings. The van der Waals surface area contributed by atoms with E-state index >= 15 is 0 Å². The minimum Gasteiger partial charge on any atom is -0.381 e. The van der Waals surface area contributed by atoms with Crippen LogP contribution in [0.2, 0.25) is 0 Å². The smallest absolute Gasteiger partial charge is 0.319 e. The van der Waals surface area contributed by atoms with Crippen molar-refractivity contribution in [1.82, 2.24) is 24.6 Å². The number of amides is 3. The normalized spacial score (nSPS) is 19.9. The first kappa shape index (κ1) is 22.5. The Labute approximate surface area is 179 Å². The Morgan fingerprint density at radius 3 is 2.47 bits per heavy atom. The van der Waals surface area contributed by atoms with Gasteiger partial charge in [-0.1, -0.05) is 0 Å². The molecule has 8 nitrogen and oxygen atoms in total. The molecule has 0 aromatic carbocycles. The first-order chi connectivity index (χ1) is 14.4. The molecule has 0 spiro atoms. The quantitative estimate of drug-likeness (QED) is 0.705. The topological polar surface area (TPSA) is 69.2 Å². The maximum Gasteiger partial charge on any atom is 0.319 e. The van der Waals surface area contributed by atoms with Crippen molar-refractivity contribution in [2.45, 2.75) is 38.3 Å². The fraction of sp³-hybridized carbons (Fsp3) is 0.682. The van der Waals surface area contributed by atoms with Gasteiger partial charge in [0.1, 0.15) is 0 Å². The minimum atomic E-state index is -0.00902. The van der Waals surface area contributed by atoms with E-state index in [1.807, 2.05) is 31.0 Å². The Morgan fingerprint density at radius 2 is 1.83 bits per heavy atom. The van der Waals surface area contributed by atoms with Gasteiger partial charge < -0.3 is 19.4 Å². The summed E-state index contributed by atoms with van der Waals surface area (Å²) < 4.78 is 5.57. The molecule has 0 bridgehead atoms. The Balaban J connectivity index is 1.63. The number of urea groups is 1. The van der Waals surface area contributed by atoms with Crippen LogP contribution in [0.3, 0.4) is 0 Å². The van der Waals surface area contributed by atoms with Crippen molar-refractivity contribution >= 4 is 11.9 Å². The highest BCUT2D eigenvalue weighted by molar-refractivity contribution is 5.93. The van der Waals surface area contributed by atoms with Crippen LogP contribution >= 0.6 is 0 Å². The second-order valence-corrected chi connectivity index (χ2v) is 8.56. The Morgan fingerprint density at radius 1 is 1.10 bits per heavy atom. The van der Waals surface area contributed by atoms with Crippen LogP contribution in [0.15, 0.2) is 18.3 Å². The zero-order chi connectivity index (χ0) is 21.7. The molecule has 1 aromatic rings. The average Bonchev–Trinajstić information content (AvgIpc) is 3.23. The molecule has 166 valence electrons. The standard InChI is InChI=1S/C22H35N5O3/c1-17-5-6-18(15-23-17)21(28)25(4)11-12-27(19-8-13-30-14-9-19)20-7-10-26(16-20)22(29)24(2)3/h5-6,15,19-20H,7-14,16H2,1-4H3. The number of hydrogen-bond donors (Lipinski definition) is 0. The lowest BCUT2D eigenvalue weighted by atomic mass is 10.0. The van der Waals surface area contributed by atoms with Gasteiger partial charge in [0.2, 0.25) is 0 Å². The first-order valence-electron chi connectivity index (χ1n) is 10.8. The number of likely N-dealkylation sites (tertiary alicyclic amines) is 1. The Bertz CT molecular complexity index is 718. The zero-order valence-electron chi connectivity index (χ0n) is 18.7. The van der Waals surface area contributed by atoms with Gasteiger partial charge in [-0.2, -0.15) is 0 Å². The SMILES string of the molecule is Cc1ccc(C(=O)N(C)CCN(C2CCOCC2)C2CCN(C(=O)N(C)C)C2)cn1. The third kappa shape index (κ3) is 5.49. The van der Waals surface area contributed by atoms with Crippen molar-refractivity contribution in [2.24, 2.45) is 0 Å². The maximum absolute atomic E-state index is 12.8. The fourth-order valence-electron chi connectivity index (χ4n) is 4.33. The van der Waals surface area contributed by atoms with E-state index in [2.05, 4.69) is 9.88 Å². The van der Waals surface area contributed by atoms with E-state index in [1.54, 1.807) is 30.1 Å². The number of likely N-dealkylation sites (N-methyl/N-ethyl adjacent to an activating group) is 1. The molecule has 1 unspecified atom stereocenters. The molecule has 8 heteroatoms. The summed E-state index contributed by atoms with van der Waals surface area (Å²) in [6.07, 6.45) is 4.61. The monoisotopic (exact) mass is 417 g/mol. The molecule has 3 amide bonds. The predicted molar refractivity (Wildman–Crippen MR) is 116 cm³/mol. The predicted octanol–water partition coefficient (Wildman–Crippen LogP) is 1.70. The summed E-state index contributed by atoms with van der Waals surface area (Å²) >= 11 is 0. The number of rotatable bonds is 6. The minimum absolute atomic E-state index is 0.00902. The maximum atomic E-state index is 12.8. The number of carbonyl (C=O) groups excluding carboxylic acids is 2. The molecule has 1 aromatic heterocycles. The van der Waals surface area contributed by atoms with Gasteiger partial charge in [-0.25, -0.2) is 4.79 Å². The lowest BCUT2D eigenvalue weighted by Crippen LogP contribution is -2.50. The molecule has 2 aliphatic heterocycles. The highest BCUT2D eigenvalue weighted by Gasteiger charge is 2.35. The molecule has 3 rings (SSSR count). The fourth-order valence-corrected chi connectivity index (χ4v) is 4.33. The molecule has 2 saturated heterocycles. The molecule has 2 aliphatic rings. The molecular weight excluding hydrogens is 382 g/mol. The highest BCUT2D eigenvalue weighted by atomic mass is 16.5. The molecule has 3 heterocycles. The van der Waals surface area contributed by atoms with Gasteiger partial charge in [0.25, 0.3) is 5.91 Å². The van der Waals surface area contributed by atoms with Crippen LogP contribution < -0.4 is 0 Å². The highest BCUT2D eigenvalue weighted by Crippen LogP contribution is 2.24. The van der Waals surface area contributed by atoms with Crippen molar-refractivity contribution in [3.63, 3.8) is 0 Å². The van der Waals surface area contributed by atoms with E-state index in [0.717, 1.165) is 57.8 Å². The number of hydrogen-bond acceptors (Lipinski definition) is 5. The molecule has 0 N–H and O–H groups in total. The van der Waals surface area contributed by atoms with Crippen LogP contribution in [0.4, 0.5) is 4.79 Å². The van der Waals surface area contributed by atoms with Gasteiger partial charge in [-0.05, 0) is 38.3 Å². The Kier molecular flexibility index (Phi) is 7.66. The first-order valence-corrected chi connectivity index (χ1v) is 10.8. The third-order valence-electron chi connectivity index (χ3n) is 6.14. The van der Waals surface area contributed by atoms with E-state index in [0.29, 0.717) is 24.2 Å². The number of nitrogens with zero attached hydrogens (tertiary/aromatic N) is 5. The van der Waals surface area contributed by atoms with E-state index in [1.165, 1.54) is 0 Å². The van der Waals surface area contributed by atoms with Crippen LogP contribution in [-0.2, 0) is 4.74 Å². The van der Waals surface area contributed by atoms with Gasteiger partial charge in [0, 0.05) is 84.5 Å². The van der Waals surface area contributed by atoms with Crippen molar-refractivity contribution in [2.75, 3.05) is 60.5 Å².